The van der Waals surface area contributed by atoms with Gasteiger partial charge in [0.1, 0.15) is 33.3 Å². The molecule has 0 spiro atoms. The van der Waals surface area contributed by atoms with Gasteiger partial charge in [-0.1, -0.05) is 48.0 Å². The van der Waals surface area contributed by atoms with Crippen LogP contribution in [0.25, 0.3) is 0 Å². The van der Waals surface area contributed by atoms with Crippen LogP contribution in [0.4, 0.5) is 11.5 Å². The smallest absolute Gasteiger partial charge is 0.149 e. The number of nitrogens with one attached hydrogen (secondary N) is 1. The van der Waals surface area contributed by atoms with Crippen LogP contribution in [0, 0.1) is 0 Å². The van der Waals surface area contributed by atoms with Gasteiger partial charge >= 0.3 is 0 Å². The topological polar surface area (TPSA) is 110 Å². The quantitative estimate of drug-likeness (QED) is 0.311. The minimum atomic E-state index is -3.06. The molecule has 8 nitrogen and oxygen atoms in total. The summed E-state index contributed by atoms with van der Waals surface area (Å²) < 4.78 is 28.7. The predicted octanol–water partition coefficient (Wildman–Crippen LogP) is 5.21. The number of rotatable bonds is 8. The van der Waals surface area contributed by atoms with Gasteiger partial charge in [-0.25, -0.2) is 18.4 Å². The number of halogens is 1. The van der Waals surface area contributed by atoms with Crippen LogP contribution < -0.4 is 20.8 Å². The molecule has 4 aromatic rings. The Hall–Kier alpha value is -3.92. The van der Waals surface area contributed by atoms with E-state index in [1.807, 2.05) is 72.8 Å². The molecule has 0 amide bonds. The summed E-state index contributed by atoms with van der Waals surface area (Å²) in [7, 11) is -3.06. The lowest BCUT2D eigenvalue weighted by Crippen LogP contribution is -2.36. The van der Waals surface area contributed by atoms with Crippen LogP contribution in [0.3, 0.4) is 0 Å². The van der Waals surface area contributed by atoms with Gasteiger partial charge < -0.3 is 15.8 Å². The Morgan fingerprint density at radius 2 is 1.74 bits per heavy atom. The Morgan fingerprint density at radius 3 is 2.47 bits per heavy atom. The Balaban J connectivity index is 1.36. The number of hydrogen-bond donors (Lipinski definition) is 2. The SMILES string of the molecule is CS(=O)(=O)CCNc1cc(Oc2ccc(N3N=C(c4ccc(Cl)cc4)c4ccccc4C3N)cc2)ccn1. The molecule has 0 saturated heterocycles. The molecule has 0 bridgehead atoms. The summed E-state index contributed by atoms with van der Waals surface area (Å²) in [6.07, 6.45) is 2.34. The molecule has 1 aliphatic heterocycles. The van der Waals surface area contributed by atoms with Gasteiger partial charge in [-0.05, 0) is 42.5 Å². The van der Waals surface area contributed by atoms with E-state index in [0.29, 0.717) is 22.3 Å². The molecule has 3 N–H and O–H groups in total. The predicted molar refractivity (Wildman–Crippen MR) is 152 cm³/mol. The highest BCUT2D eigenvalue weighted by Gasteiger charge is 2.27. The van der Waals surface area contributed by atoms with Gasteiger partial charge in [0, 0.05) is 46.8 Å². The average molecular weight is 548 g/mol. The highest BCUT2D eigenvalue weighted by molar-refractivity contribution is 7.90. The lowest BCUT2D eigenvalue weighted by Gasteiger charge is -2.33. The Bertz CT molecular complexity index is 1580. The Labute approximate surface area is 226 Å². The zero-order valence-electron chi connectivity index (χ0n) is 20.6. The summed E-state index contributed by atoms with van der Waals surface area (Å²) in [6, 6.07) is 26.5. The van der Waals surface area contributed by atoms with Crippen molar-refractivity contribution >= 4 is 38.7 Å². The molecule has 0 saturated carbocycles. The number of ether oxygens (including phenoxy) is 1. The first-order chi connectivity index (χ1) is 18.3. The molecule has 194 valence electrons. The zero-order chi connectivity index (χ0) is 26.7. The number of anilines is 2. The molecule has 1 unspecified atom stereocenters. The van der Waals surface area contributed by atoms with E-state index >= 15 is 0 Å². The summed E-state index contributed by atoms with van der Waals surface area (Å²) in [6.45, 7) is 0.266. The molecule has 10 heteroatoms. The second-order valence-corrected chi connectivity index (χ2v) is 11.6. The number of pyridine rings is 1. The molecule has 5 rings (SSSR count). The first kappa shape index (κ1) is 25.7. The van der Waals surface area contributed by atoms with Crippen molar-refractivity contribution < 1.29 is 13.2 Å². The molecule has 1 aromatic heterocycles. The van der Waals surface area contributed by atoms with Crippen LogP contribution in [0.5, 0.6) is 11.5 Å². The maximum absolute atomic E-state index is 11.3. The molecule has 38 heavy (non-hydrogen) atoms. The van der Waals surface area contributed by atoms with Crippen molar-refractivity contribution in [3.05, 3.63) is 113 Å². The molecule has 3 aromatic carbocycles. The second-order valence-electron chi connectivity index (χ2n) is 8.86. The summed E-state index contributed by atoms with van der Waals surface area (Å²) in [5.74, 6) is 1.74. The van der Waals surface area contributed by atoms with Crippen LogP contribution in [-0.4, -0.2) is 37.7 Å². The number of fused-ring (bicyclic) bond motifs is 1. The largest absolute Gasteiger partial charge is 0.457 e. The van der Waals surface area contributed by atoms with E-state index in [0.717, 1.165) is 28.1 Å². The maximum atomic E-state index is 11.3. The van der Waals surface area contributed by atoms with Gasteiger partial charge in [-0.3, -0.25) is 0 Å². The standard InChI is InChI=1S/C28H26ClN5O3S/c1-38(35,36)17-16-32-26-18-23(14-15-31-26)37-22-12-10-21(11-13-22)34-28(30)25-5-3-2-4-24(25)27(33-34)19-6-8-20(29)9-7-19/h2-15,18,28H,16-17,30H2,1H3,(H,31,32). The Morgan fingerprint density at radius 1 is 1.00 bits per heavy atom. The van der Waals surface area contributed by atoms with Crippen LogP contribution in [0.15, 0.2) is 96.2 Å². The van der Waals surface area contributed by atoms with Gasteiger partial charge in [-0.15, -0.1) is 0 Å². The van der Waals surface area contributed by atoms with E-state index in [-0.39, 0.29) is 12.3 Å². The number of sulfone groups is 1. The van der Waals surface area contributed by atoms with Gasteiger partial charge in [0.25, 0.3) is 0 Å². The van der Waals surface area contributed by atoms with Gasteiger partial charge in [0.2, 0.25) is 0 Å². The number of hydrazone groups is 1. The third-order valence-electron chi connectivity index (χ3n) is 5.97. The summed E-state index contributed by atoms with van der Waals surface area (Å²) >= 11 is 6.11. The molecular formula is C28H26ClN5O3S. The first-order valence-electron chi connectivity index (χ1n) is 11.9. The van der Waals surface area contributed by atoms with Crippen LogP contribution in [0.1, 0.15) is 22.9 Å². The molecule has 1 atom stereocenters. The van der Waals surface area contributed by atoms with Crippen molar-refractivity contribution in [1.29, 1.82) is 0 Å². The number of benzene rings is 3. The van der Waals surface area contributed by atoms with Crippen molar-refractivity contribution in [2.45, 2.75) is 6.17 Å². The minimum absolute atomic E-state index is 0.0204. The number of hydrogen-bond acceptors (Lipinski definition) is 8. The van der Waals surface area contributed by atoms with E-state index < -0.39 is 16.0 Å². The monoisotopic (exact) mass is 547 g/mol. The fourth-order valence-corrected chi connectivity index (χ4v) is 4.70. The Kier molecular flexibility index (Phi) is 7.33. The normalized spacial score (nSPS) is 15.0. The maximum Gasteiger partial charge on any atom is 0.149 e. The van der Waals surface area contributed by atoms with E-state index in [1.165, 1.54) is 6.26 Å². The third kappa shape index (κ3) is 5.96. The minimum Gasteiger partial charge on any atom is -0.457 e. The van der Waals surface area contributed by atoms with Crippen LogP contribution >= 0.6 is 11.6 Å². The molecule has 0 fully saturated rings. The van der Waals surface area contributed by atoms with Crippen molar-refractivity contribution in [1.82, 2.24) is 4.98 Å². The fraction of sp³-hybridized carbons (Fsp3) is 0.143. The highest BCUT2D eigenvalue weighted by Crippen LogP contribution is 2.34. The van der Waals surface area contributed by atoms with Crippen molar-refractivity contribution in [2.24, 2.45) is 10.8 Å². The summed E-state index contributed by atoms with van der Waals surface area (Å²) in [4.78, 5) is 4.21. The fourth-order valence-electron chi connectivity index (χ4n) is 4.10. The van der Waals surface area contributed by atoms with E-state index in [4.69, 9.17) is 27.2 Å². The highest BCUT2D eigenvalue weighted by atomic mass is 35.5. The lowest BCUT2D eigenvalue weighted by molar-refractivity contribution is 0.482. The summed E-state index contributed by atoms with van der Waals surface area (Å²) in [5, 5.41) is 10.4. The van der Waals surface area contributed by atoms with E-state index in [9.17, 15) is 8.42 Å². The second kappa shape index (κ2) is 10.8. The number of nitrogens with two attached hydrogens (primary N) is 1. The zero-order valence-corrected chi connectivity index (χ0v) is 22.2. The van der Waals surface area contributed by atoms with E-state index in [1.54, 1.807) is 23.3 Å². The average Bonchev–Trinajstić information content (AvgIpc) is 2.90. The molecule has 2 heterocycles. The molecular weight excluding hydrogens is 522 g/mol. The van der Waals surface area contributed by atoms with Crippen LogP contribution in [0.2, 0.25) is 5.02 Å². The first-order valence-corrected chi connectivity index (χ1v) is 14.3. The van der Waals surface area contributed by atoms with Gasteiger partial charge in [0.05, 0.1) is 17.2 Å². The van der Waals surface area contributed by atoms with E-state index in [2.05, 4.69) is 10.3 Å². The van der Waals surface area contributed by atoms with Gasteiger partial charge in [-0.2, -0.15) is 5.10 Å². The number of aromatic nitrogens is 1. The van der Waals surface area contributed by atoms with Crippen LogP contribution in [-0.2, 0) is 9.84 Å². The van der Waals surface area contributed by atoms with Crippen molar-refractivity contribution in [3.63, 3.8) is 0 Å². The van der Waals surface area contributed by atoms with Crippen molar-refractivity contribution in [3.8, 4) is 11.5 Å². The molecule has 1 aliphatic rings. The third-order valence-corrected chi connectivity index (χ3v) is 7.17. The van der Waals surface area contributed by atoms with Crippen molar-refractivity contribution in [2.75, 3.05) is 28.9 Å². The van der Waals surface area contributed by atoms with Gasteiger partial charge in [0.15, 0.2) is 0 Å². The lowest BCUT2D eigenvalue weighted by atomic mass is 9.94. The molecule has 0 radical (unpaired) electrons. The summed E-state index contributed by atoms with van der Waals surface area (Å²) in [5.41, 5.74) is 11.2. The number of nitrogens with zero attached hydrogens (tertiary/aromatic N) is 3. The molecule has 0 aliphatic carbocycles.